The van der Waals surface area contributed by atoms with Crippen molar-refractivity contribution in [1.82, 2.24) is 4.90 Å². The van der Waals surface area contributed by atoms with Gasteiger partial charge in [-0.05, 0) is 25.1 Å². The van der Waals surface area contributed by atoms with E-state index in [9.17, 15) is 14.9 Å². The van der Waals surface area contributed by atoms with E-state index >= 15 is 0 Å². The average Bonchev–Trinajstić information content (AvgIpc) is 3.02. The van der Waals surface area contributed by atoms with Crippen molar-refractivity contribution >= 4 is 17.3 Å². The minimum Gasteiger partial charge on any atom is -0.463 e. The van der Waals surface area contributed by atoms with Gasteiger partial charge in [0.25, 0.3) is 5.69 Å². The first-order valence-electron chi connectivity index (χ1n) is 8.37. The molecule has 0 unspecified atom stereocenters. The van der Waals surface area contributed by atoms with Crippen molar-refractivity contribution in [2.75, 3.05) is 38.2 Å². The summed E-state index contributed by atoms with van der Waals surface area (Å²) in [5, 5.41) is 10.7. The van der Waals surface area contributed by atoms with E-state index in [1.165, 1.54) is 19.2 Å². The second-order valence-corrected chi connectivity index (χ2v) is 6.25. The highest BCUT2D eigenvalue weighted by Crippen LogP contribution is 2.22. The van der Waals surface area contributed by atoms with E-state index in [1.807, 2.05) is 13.0 Å². The number of anilines is 1. The third-order valence-corrected chi connectivity index (χ3v) is 4.52. The van der Waals surface area contributed by atoms with E-state index in [1.54, 1.807) is 12.1 Å². The molecule has 0 spiro atoms. The van der Waals surface area contributed by atoms with Gasteiger partial charge in [-0.15, -0.1) is 0 Å². The smallest absolute Gasteiger partial charge is 0.374 e. The molecule has 1 fully saturated rings. The molecule has 0 amide bonds. The van der Waals surface area contributed by atoms with E-state index < -0.39 is 10.9 Å². The molecule has 2 aromatic rings. The third kappa shape index (κ3) is 3.85. The molecule has 1 aromatic carbocycles. The van der Waals surface area contributed by atoms with Crippen LogP contribution in [0.2, 0.25) is 0 Å². The molecule has 1 aliphatic heterocycles. The summed E-state index contributed by atoms with van der Waals surface area (Å²) in [6.07, 6.45) is 0. The molecular formula is C18H21N3O5. The standard InChI is InChI=1S/C18H21N3O5/c1-13-11-16(26-17(13)18(22)25-2)12-19-7-9-20(10-8-19)14-3-5-15(6-4-14)21(23)24/h3-6,11H,7-10,12H2,1-2H3. The van der Waals surface area contributed by atoms with Crippen LogP contribution < -0.4 is 4.90 Å². The highest BCUT2D eigenvalue weighted by atomic mass is 16.6. The Bertz CT molecular complexity index is 792. The van der Waals surface area contributed by atoms with Gasteiger partial charge in [0.05, 0.1) is 18.6 Å². The van der Waals surface area contributed by atoms with Gasteiger partial charge in [0.15, 0.2) is 0 Å². The molecule has 0 atom stereocenters. The number of piperazine rings is 1. The molecule has 0 radical (unpaired) electrons. The van der Waals surface area contributed by atoms with Crippen LogP contribution in [0.25, 0.3) is 0 Å². The summed E-state index contributed by atoms with van der Waals surface area (Å²) in [5.41, 5.74) is 1.86. The Hall–Kier alpha value is -2.87. The van der Waals surface area contributed by atoms with Crippen molar-refractivity contribution in [2.45, 2.75) is 13.5 Å². The van der Waals surface area contributed by atoms with Crippen molar-refractivity contribution in [3.63, 3.8) is 0 Å². The maximum Gasteiger partial charge on any atom is 0.374 e. The van der Waals surface area contributed by atoms with E-state index in [0.29, 0.717) is 6.54 Å². The molecule has 0 aliphatic carbocycles. The largest absolute Gasteiger partial charge is 0.463 e. The maximum absolute atomic E-state index is 11.6. The second kappa shape index (κ2) is 7.57. The Morgan fingerprint density at radius 1 is 1.23 bits per heavy atom. The summed E-state index contributed by atoms with van der Waals surface area (Å²) in [4.78, 5) is 26.4. The zero-order valence-electron chi connectivity index (χ0n) is 14.8. The van der Waals surface area contributed by atoms with Crippen LogP contribution in [-0.2, 0) is 11.3 Å². The van der Waals surface area contributed by atoms with Crippen molar-refractivity contribution < 1.29 is 18.9 Å². The SMILES string of the molecule is COC(=O)c1oc(CN2CCN(c3ccc([N+](=O)[O-])cc3)CC2)cc1C. The first kappa shape index (κ1) is 17.9. The van der Waals surface area contributed by atoms with Crippen molar-refractivity contribution in [3.8, 4) is 0 Å². The van der Waals surface area contributed by atoms with Crippen LogP contribution in [0.4, 0.5) is 11.4 Å². The number of furan rings is 1. The van der Waals surface area contributed by atoms with Crippen LogP contribution in [-0.4, -0.2) is 49.1 Å². The van der Waals surface area contributed by atoms with Gasteiger partial charge < -0.3 is 14.1 Å². The number of hydrogen-bond acceptors (Lipinski definition) is 7. The van der Waals surface area contributed by atoms with Gasteiger partial charge in [-0.3, -0.25) is 15.0 Å². The van der Waals surface area contributed by atoms with Gasteiger partial charge >= 0.3 is 5.97 Å². The van der Waals surface area contributed by atoms with Gasteiger partial charge in [0.1, 0.15) is 5.76 Å². The summed E-state index contributed by atoms with van der Waals surface area (Å²) < 4.78 is 10.3. The number of nitro groups is 1. The van der Waals surface area contributed by atoms with E-state index in [-0.39, 0.29) is 11.4 Å². The molecule has 3 rings (SSSR count). The Morgan fingerprint density at radius 3 is 2.46 bits per heavy atom. The van der Waals surface area contributed by atoms with Gasteiger partial charge in [-0.2, -0.15) is 0 Å². The van der Waals surface area contributed by atoms with Gasteiger partial charge in [-0.1, -0.05) is 0 Å². The number of carbonyl (C=O) groups excluding carboxylic acids is 1. The molecule has 8 heteroatoms. The molecule has 0 bridgehead atoms. The number of rotatable bonds is 5. The molecule has 26 heavy (non-hydrogen) atoms. The number of methoxy groups -OCH3 is 1. The monoisotopic (exact) mass is 359 g/mol. The topological polar surface area (TPSA) is 89.1 Å². The molecule has 2 heterocycles. The van der Waals surface area contributed by atoms with Gasteiger partial charge in [0, 0.05) is 49.6 Å². The van der Waals surface area contributed by atoms with E-state index in [2.05, 4.69) is 9.80 Å². The van der Waals surface area contributed by atoms with Crippen LogP contribution in [0.15, 0.2) is 34.7 Å². The quantitative estimate of drug-likeness (QED) is 0.460. The minimum absolute atomic E-state index is 0.0991. The fraction of sp³-hybridized carbons (Fsp3) is 0.389. The number of benzene rings is 1. The Morgan fingerprint density at radius 2 is 1.88 bits per heavy atom. The Labute approximate surface area is 151 Å². The number of carbonyl (C=O) groups is 1. The molecular weight excluding hydrogens is 338 g/mol. The summed E-state index contributed by atoms with van der Waals surface area (Å²) in [7, 11) is 1.33. The average molecular weight is 359 g/mol. The number of esters is 1. The zero-order chi connectivity index (χ0) is 18.7. The third-order valence-electron chi connectivity index (χ3n) is 4.52. The fourth-order valence-corrected chi connectivity index (χ4v) is 3.09. The predicted molar refractivity (Wildman–Crippen MR) is 95.4 cm³/mol. The van der Waals surface area contributed by atoms with Crippen LogP contribution in [0, 0.1) is 17.0 Å². The summed E-state index contributed by atoms with van der Waals surface area (Å²) >= 11 is 0. The van der Waals surface area contributed by atoms with Crippen LogP contribution in [0.5, 0.6) is 0 Å². The highest BCUT2D eigenvalue weighted by molar-refractivity contribution is 5.87. The van der Waals surface area contributed by atoms with Gasteiger partial charge in [0.2, 0.25) is 5.76 Å². The number of aryl methyl sites for hydroxylation is 1. The second-order valence-electron chi connectivity index (χ2n) is 6.25. The number of ether oxygens (including phenoxy) is 1. The van der Waals surface area contributed by atoms with Gasteiger partial charge in [-0.25, -0.2) is 4.79 Å². The Balaban J connectivity index is 1.57. The Kier molecular flexibility index (Phi) is 5.22. The highest BCUT2D eigenvalue weighted by Gasteiger charge is 2.21. The lowest BCUT2D eigenvalue weighted by molar-refractivity contribution is -0.384. The van der Waals surface area contributed by atoms with Crippen LogP contribution in [0.3, 0.4) is 0 Å². The van der Waals surface area contributed by atoms with Crippen molar-refractivity contribution in [3.05, 3.63) is 57.5 Å². The first-order valence-corrected chi connectivity index (χ1v) is 8.37. The molecule has 138 valence electrons. The number of nitro benzene ring substituents is 1. The minimum atomic E-state index is -0.461. The van der Waals surface area contributed by atoms with E-state index in [0.717, 1.165) is 43.2 Å². The van der Waals surface area contributed by atoms with E-state index in [4.69, 9.17) is 9.15 Å². The normalized spacial score (nSPS) is 15.1. The summed E-state index contributed by atoms with van der Waals surface area (Å²) in [5.74, 6) is 0.537. The molecule has 8 nitrogen and oxygen atoms in total. The lowest BCUT2D eigenvalue weighted by Gasteiger charge is -2.35. The number of nitrogens with zero attached hydrogens (tertiary/aromatic N) is 3. The number of hydrogen-bond donors (Lipinski definition) is 0. The molecule has 1 aromatic heterocycles. The predicted octanol–water partition coefficient (Wildman–Crippen LogP) is 2.61. The van der Waals surface area contributed by atoms with Crippen molar-refractivity contribution in [1.29, 1.82) is 0 Å². The molecule has 1 saturated heterocycles. The lowest BCUT2D eigenvalue weighted by Crippen LogP contribution is -2.45. The summed E-state index contributed by atoms with van der Waals surface area (Å²) in [6, 6.07) is 8.50. The first-order chi connectivity index (χ1) is 12.5. The molecule has 0 N–H and O–H groups in total. The molecule has 0 saturated carbocycles. The summed E-state index contributed by atoms with van der Waals surface area (Å²) in [6.45, 7) is 5.77. The van der Waals surface area contributed by atoms with Crippen molar-refractivity contribution in [2.24, 2.45) is 0 Å². The maximum atomic E-state index is 11.6. The van der Waals surface area contributed by atoms with Crippen LogP contribution in [0.1, 0.15) is 21.9 Å². The fourth-order valence-electron chi connectivity index (χ4n) is 3.09. The number of non-ortho nitro benzene ring substituents is 1. The zero-order valence-corrected chi connectivity index (χ0v) is 14.8. The lowest BCUT2D eigenvalue weighted by atomic mass is 10.2. The van der Waals surface area contributed by atoms with Crippen LogP contribution >= 0.6 is 0 Å². The molecule has 1 aliphatic rings.